The van der Waals surface area contributed by atoms with Crippen LogP contribution in [0.15, 0.2) is 0 Å². The maximum atomic E-state index is 5.41. The predicted octanol–water partition coefficient (Wildman–Crippen LogP) is -0.0435. The lowest BCUT2D eigenvalue weighted by Crippen LogP contribution is -2.37. The van der Waals surface area contributed by atoms with Gasteiger partial charge in [-0.3, -0.25) is 5.43 Å². The first-order valence-electron chi connectivity index (χ1n) is 4.56. The highest BCUT2D eigenvalue weighted by molar-refractivity contribution is 4.92. The molecule has 0 aromatic heterocycles. The van der Waals surface area contributed by atoms with Gasteiger partial charge in [0.25, 0.3) is 0 Å². The molecule has 1 N–H and O–H groups in total. The Morgan fingerprint density at radius 3 is 3.08 bits per heavy atom. The lowest BCUT2D eigenvalue weighted by molar-refractivity contribution is 0.0592. The molecule has 0 saturated carbocycles. The molecule has 70 valence electrons. The summed E-state index contributed by atoms with van der Waals surface area (Å²) in [6.07, 6.45) is 1.51. The maximum absolute atomic E-state index is 5.41. The van der Waals surface area contributed by atoms with Crippen molar-refractivity contribution in [1.82, 2.24) is 10.4 Å². The fourth-order valence-electron chi connectivity index (χ4n) is 1.76. The third kappa shape index (κ3) is 1.47. The van der Waals surface area contributed by atoms with Gasteiger partial charge in [0, 0.05) is 20.2 Å². The molecule has 2 heterocycles. The minimum atomic E-state index is 0.0577. The molecule has 2 rings (SSSR count). The zero-order valence-corrected chi connectivity index (χ0v) is 7.62. The van der Waals surface area contributed by atoms with E-state index in [9.17, 15) is 0 Å². The molecule has 2 aliphatic heterocycles. The van der Waals surface area contributed by atoms with Crippen LogP contribution in [-0.4, -0.2) is 43.6 Å². The van der Waals surface area contributed by atoms with Gasteiger partial charge in [0.1, 0.15) is 6.10 Å². The van der Waals surface area contributed by atoms with E-state index in [1.807, 2.05) is 6.92 Å². The van der Waals surface area contributed by atoms with Crippen molar-refractivity contribution >= 4 is 0 Å². The topological polar surface area (TPSA) is 37.0 Å². The molecule has 0 aromatic rings. The first kappa shape index (κ1) is 8.44. The largest absolute Gasteiger partial charge is 0.350 e. The van der Waals surface area contributed by atoms with E-state index in [-0.39, 0.29) is 6.29 Å². The van der Waals surface area contributed by atoms with Crippen molar-refractivity contribution in [2.75, 3.05) is 20.2 Å². The van der Waals surface area contributed by atoms with E-state index in [4.69, 9.17) is 9.47 Å². The molecular weight excluding hydrogens is 156 g/mol. The molecule has 0 amide bonds. The molecule has 0 aromatic carbocycles. The van der Waals surface area contributed by atoms with E-state index in [2.05, 4.69) is 17.5 Å². The van der Waals surface area contributed by atoms with Crippen LogP contribution in [0.4, 0.5) is 0 Å². The van der Waals surface area contributed by atoms with Gasteiger partial charge in [0.2, 0.25) is 0 Å². The quantitative estimate of drug-likeness (QED) is 0.606. The second-order valence-electron chi connectivity index (χ2n) is 3.30. The number of hydrogen-bond donors (Lipinski definition) is 1. The van der Waals surface area contributed by atoms with Gasteiger partial charge in [-0.25, -0.2) is 5.01 Å². The lowest BCUT2D eigenvalue weighted by atomic mass is 10.1. The molecule has 0 spiro atoms. The molecular formula is C8H16N2O2. The third-order valence-electron chi connectivity index (χ3n) is 2.49. The first-order valence-corrected chi connectivity index (χ1v) is 4.56. The van der Waals surface area contributed by atoms with Crippen LogP contribution in [0.1, 0.15) is 13.3 Å². The van der Waals surface area contributed by atoms with Crippen molar-refractivity contribution in [3.63, 3.8) is 0 Å². The molecule has 0 bridgehead atoms. The van der Waals surface area contributed by atoms with Crippen molar-refractivity contribution in [2.24, 2.45) is 0 Å². The number of nitrogens with one attached hydrogen (secondary N) is 1. The van der Waals surface area contributed by atoms with Crippen LogP contribution >= 0.6 is 0 Å². The molecule has 4 heteroatoms. The molecule has 3 unspecified atom stereocenters. The van der Waals surface area contributed by atoms with Gasteiger partial charge < -0.3 is 9.47 Å². The number of epoxide rings is 1. The van der Waals surface area contributed by atoms with Gasteiger partial charge in [0.05, 0.1) is 6.04 Å². The van der Waals surface area contributed by atoms with Crippen molar-refractivity contribution in [3.05, 3.63) is 0 Å². The van der Waals surface area contributed by atoms with Crippen molar-refractivity contribution in [1.29, 1.82) is 0 Å². The lowest BCUT2D eigenvalue weighted by Gasteiger charge is -2.16. The average Bonchev–Trinajstić information content (AvgIpc) is 2.67. The molecule has 0 radical (unpaired) electrons. The zero-order chi connectivity index (χ0) is 8.55. The molecule has 2 saturated heterocycles. The van der Waals surface area contributed by atoms with Crippen molar-refractivity contribution in [3.8, 4) is 0 Å². The minimum Gasteiger partial charge on any atom is -0.350 e. The summed E-state index contributed by atoms with van der Waals surface area (Å²) in [6, 6.07) is 0.501. The Balaban J connectivity index is 1.79. The van der Waals surface area contributed by atoms with E-state index in [1.54, 1.807) is 0 Å². The molecule has 2 fully saturated rings. The molecule has 3 atom stereocenters. The summed E-state index contributed by atoms with van der Waals surface area (Å²) in [5.74, 6) is 0. The highest BCUT2D eigenvalue weighted by Gasteiger charge is 2.48. The number of hydrazine groups is 1. The summed E-state index contributed by atoms with van der Waals surface area (Å²) in [7, 11) is 2.06. The highest BCUT2D eigenvalue weighted by atomic mass is 16.8. The van der Waals surface area contributed by atoms with Crippen LogP contribution in [0.25, 0.3) is 0 Å². The third-order valence-corrected chi connectivity index (χ3v) is 2.49. The Morgan fingerprint density at radius 1 is 1.67 bits per heavy atom. The Kier molecular flexibility index (Phi) is 2.32. The van der Waals surface area contributed by atoms with Crippen LogP contribution in [0, 0.1) is 0 Å². The predicted molar refractivity (Wildman–Crippen MR) is 44.5 cm³/mol. The van der Waals surface area contributed by atoms with Gasteiger partial charge in [-0.05, 0) is 13.3 Å². The van der Waals surface area contributed by atoms with Gasteiger partial charge in [-0.15, -0.1) is 0 Å². The van der Waals surface area contributed by atoms with E-state index in [0.717, 1.165) is 19.6 Å². The molecule has 4 nitrogen and oxygen atoms in total. The van der Waals surface area contributed by atoms with E-state index in [0.29, 0.717) is 12.1 Å². The number of ether oxygens (including phenoxy) is 2. The molecule has 12 heavy (non-hydrogen) atoms. The summed E-state index contributed by atoms with van der Waals surface area (Å²) in [5, 5.41) is 2.13. The van der Waals surface area contributed by atoms with Crippen LogP contribution in [0.3, 0.4) is 0 Å². The Bertz CT molecular complexity index is 165. The van der Waals surface area contributed by atoms with Crippen LogP contribution < -0.4 is 5.43 Å². The molecule has 2 aliphatic rings. The fourth-order valence-corrected chi connectivity index (χ4v) is 1.76. The summed E-state index contributed by atoms with van der Waals surface area (Å²) < 4.78 is 10.8. The standard InChI is InChI=1S/C8H16N2O2/c1-3-11-8-7(12-8)6-4-5-9-10(6)2/h6-9H,3-5H2,1-2H3. The number of hydrogen-bond acceptors (Lipinski definition) is 4. The summed E-state index contributed by atoms with van der Waals surface area (Å²) in [4.78, 5) is 0. The summed E-state index contributed by atoms with van der Waals surface area (Å²) >= 11 is 0. The van der Waals surface area contributed by atoms with Crippen LogP contribution in [-0.2, 0) is 9.47 Å². The second kappa shape index (κ2) is 3.30. The smallest absolute Gasteiger partial charge is 0.186 e. The normalized spacial score (nSPS) is 42.0. The number of rotatable bonds is 3. The van der Waals surface area contributed by atoms with Gasteiger partial charge >= 0.3 is 0 Å². The van der Waals surface area contributed by atoms with E-state index in [1.165, 1.54) is 0 Å². The van der Waals surface area contributed by atoms with Gasteiger partial charge in [-0.1, -0.05) is 0 Å². The fraction of sp³-hybridized carbons (Fsp3) is 1.00. The van der Waals surface area contributed by atoms with Gasteiger partial charge in [0.15, 0.2) is 6.29 Å². The van der Waals surface area contributed by atoms with Gasteiger partial charge in [-0.2, -0.15) is 0 Å². The Hall–Kier alpha value is -0.160. The monoisotopic (exact) mass is 172 g/mol. The molecule has 0 aliphatic carbocycles. The zero-order valence-electron chi connectivity index (χ0n) is 7.62. The maximum Gasteiger partial charge on any atom is 0.186 e. The number of likely N-dealkylation sites (N-methyl/N-ethyl adjacent to an activating group) is 1. The highest BCUT2D eigenvalue weighted by Crippen LogP contribution is 2.31. The van der Waals surface area contributed by atoms with E-state index < -0.39 is 0 Å². The average molecular weight is 172 g/mol. The first-order chi connectivity index (χ1) is 5.83. The van der Waals surface area contributed by atoms with Crippen molar-refractivity contribution in [2.45, 2.75) is 31.8 Å². The number of nitrogens with zero attached hydrogens (tertiary/aromatic N) is 1. The second-order valence-corrected chi connectivity index (χ2v) is 3.30. The Labute approximate surface area is 72.8 Å². The van der Waals surface area contributed by atoms with Crippen molar-refractivity contribution < 1.29 is 9.47 Å². The van der Waals surface area contributed by atoms with E-state index >= 15 is 0 Å². The summed E-state index contributed by atoms with van der Waals surface area (Å²) in [5.41, 5.74) is 3.25. The minimum absolute atomic E-state index is 0.0577. The SMILES string of the molecule is CCOC1OC1C1CCNN1C. The van der Waals surface area contributed by atoms with Crippen LogP contribution in [0.2, 0.25) is 0 Å². The van der Waals surface area contributed by atoms with Crippen LogP contribution in [0.5, 0.6) is 0 Å². The summed E-state index contributed by atoms with van der Waals surface area (Å²) in [6.45, 7) is 3.79. The Morgan fingerprint density at radius 2 is 2.50 bits per heavy atom.